The van der Waals surface area contributed by atoms with Gasteiger partial charge in [-0.1, -0.05) is 28.1 Å². The lowest BCUT2D eigenvalue weighted by Gasteiger charge is -2.27. The Kier molecular flexibility index (Phi) is 3.54. The van der Waals surface area contributed by atoms with Crippen molar-refractivity contribution in [1.29, 1.82) is 0 Å². The predicted molar refractivity (Wildman–Crippen MR) is 90.0 cm³/mol. The summed E-state index contributed by atoms with van der Waals surface area (Å²) in [5.41, 5.74) is 1.78. The van der Waals surface area contributed by atoms with E-state index in [9.17, 15) is 0 Å². The van der Waals surface area contributed by atoms with Crippen LogP contribution in [-0.2, 0) is 0 Å². The summed E-state index contributed by atoms with van der Waals surface area (Å²) in [5.74, 6) is 1.78. The first-order valence-electron chi connectivity index (χ1n) is 7.55. The molecule has 0 spiro atoms. The van der Waals surface area contributed by atoms with E-state index in [0.29, 0.717) is 0 Å². The molecule has 0 unspecified atom stereocenters. The van der Waals surface area contributed by atoms with E-state index in [-0.39, 0.29) is 0 Å². The third-order valence-electron chi connectivity index (χ3n) is 4.01. The summed E-state index contributed by atoms with van der Waals surface area (Å²) in [5, 5.41) is 13.3. The molecule has 0 saturated carbocycles. The lowest BCUT2D eigenvalue weighted by Crippen LogP contribution is -2.30. The van der Waals surface area contributed by atoms with Crippen molar-refractivity contribution in [3.8, 4) is 11.4 Å². The van der Waals surface area contributed by atoms with E-state index >= 15 is 0 Å². The van der Waals surface area contributed by atoms with Crippen LogP contribution in [0.4, 0.5) is 5.82 Å². The molecule has 1 aromatic carbocycles. The van der Waals surface area contributed by atoms with Crippen LogP contribution in [-0.4, -0.2) is 32.9 Å². The summed E-state index contributed by atoms with van der Waals surface area (Å²) in [6.45, 7) is 2.15. The molecule has 22 heavy (non-hydrogen) atoms. The van der Waals surface area contributed by atoms with Crippen molar-refractivity contribution in [2.24, 2.45) is 0 Å². The third-order valence-corrected chi connectivity index (χ3v) is 4.50. The molecule has 3 aromatic rings. The molecule has 0 atom stereocenters. The minimum absolute atomic E-state index is 0.773. The van der Waals surface area contributed by atoms with Crippen LogP contribution in [0, 0.1) is 0 Å². The van der Waals surface area contributed by atoms with Crippen molar-refractivity contribution >= 4 is 27.4 Å². The summed E-state index contributed by atoms with van der Waals surface area (Å²) in [4.78, 5) is 2.34. The zero-order valence-corrected chi connectivity index (χ0v) is 13.7. The molecule has 0 aliphatic carbocycles. The van der Waals surface area contributed by atoms with Crippen molar-refractivity contribution in [2.45, 2.75) is 19.3 Å². The Hall–Kier alpha value is -1.95. The largest absolute Gasteiger partial charge is 0.355 e. The molecule has 1 saturated heterocycles. The Morgan fingerprint density at radius 2 is 1.82 bits per heavy atom. The van der Waals surface area contributed by atoms with Gasteiger partial charge in [0.2, 0.25) is 0 Å². The Bertz CT molecular complexity index is 807. The van der Waals surface area contributed by atoms with Crippen molar-refractivity contribution in [2.75, 3.05) is 18.0 Å². The Morgan fingerprint density at radius 1 is 0.955 bits per heavy atom. The normalized spacial score (nSPS) is 15.4. The summed E-state index contributed by atoms with van der Waals surface area (Å²) in [6.07, 6.45) is 3.79. The number of fused-ring (bicyclic) bond motifs is 1. The van der Waals surface area contributed by atoms with Crippen LogP contribution in [0.15, 0.2) is 40.9 Å². The van der Waals surface area contributed by atoms with Crippen molar-refractivity contribution in [3.05, 3.63) is 40.9 Å². The number of halogens is 1. The molecule has 1 fully saturated rings. The summed E-state index contributed by atoms with van der Waals surface area (Å²) >= 11 is 3.50. The number of benzene rings is 1. The number of hydrogen-bond acceptors (Lipinski definition) is 4. The van der Waals surface area contributed by atoms with Gasteiger partial charge in [0.15, 0.2) is 11.5 Å². The van der Waals surface area contributed by atoms with Crippen LogP contribution >= 0.6 is 15.9 Å². The second-order valence-corrected chi connectivity index (χ2v) is 6.46. The van der Waals surface area contributed by atoms with Gasteiger partial charge in [-0.2, -0.15) is 4.52 Å². The van der Waals surface area contributed by atoms with E-state index in [1.807, 2.05) is 40.9 Å². The maximum Gasteiger partial charge on any atom is 0.185 e. The van der Waals surface area contributed by atoms with Crippen LogP contribution in [0.25, 0.3) is 17.0 Å². The molecule has 6 heteroatoms. The van der Waals surface area contributed by atoms with Gasteiger partial charge in [-0.3, -0.25) is 0 Å². The predicted octanol–water partition coefficient (Wildman–Crippen LogP) is 3.54. The van der Waals surface area contributed by atoms with Crippen molar-refractivity contribution in [3.63, 3.8) is 0 Å². The number of hydrogen-bond donors (Lipinski definition) is 0. The molecule has 1 aliphatic heterocycles. The Labute approximate surface area is 137 Å². The standard InChI is InChI=1S/C16H16BrN5/c17-13-6-4-5-12(11-13)16-19-18-14-7-8-15(20-22(14)16)21-9-2-1-3-10-21/h4-8,11H,1-3,9-10H2. The number of nitrogens with zero attached hydrogens (tertiary/aromatic N) is 5. The van der Waals surface area contributed by atoms with Gasteiger partial charge in [-0.25, -0.2) is 0 Å². The molecule has 1 aliphatic rings. The van der Waals surface area contributed by atoms with E-state index in [0.717, 1.165) is 40.4 Å². The maximum absolute atomic E-state index is 4.77. The third kappa shape index (κ3) is 2.47. The van der Waals surface area contributed by atoms with Gasteiger partial charge in [0.1, 0.15) is 5.82 Å². The minimum atomic E-state index is 0.773. The molecule has 5 nitrogen and oxygen atoms in total. The van der Waals surface area contributed by atoms with Gasteiger partial charge >= 0.3 is 0 Å². The Balaban J connectivity index is 1.79. The Morgan fingerprint density at radius 3 is 2.64 bits per heavy atom. The lowest BCUT2D eigenvalue weighted by molar-refractivity contribution is 0.570. The molecule has 0 bridgehead atoms. The molecule has 0 radical (unpaired) electrons. The van der Waals surface area contributed by atoms with Gasteiger partial charge in [-0.15, -0.1) is 15.3 Å². The first-order valence-corrected chi connectivity index (χ1v) is 8.34. The number of rotatable bonds is 2. The van der Waals surface area contributed by atoms with E-state index in [1.54, 1.807) is 0 Å². The molecule has 0 amide bonds. The second kappa shape index (κ2) is 5.68. The average Bonchev–Trinajstić information content (AvgIpc) is 2.99. The smallest absolute Gasteiger partial charge is 0.185 e. The van der Waals surface area contributed by atoms with Gasteiger partial charge in [0.05, 0.1) is 0 Å². The van der Waals surface area contributed by atoms with Crippen molar-refractivity contribution in [1.82, 2.24) is 19.8 Å². The number of piperidine rings is 1. The van der Waals surface area contributed by atoms with Crippen LogP contribution < -0.4 is 4.90 Å². The van der Waals surface area contributed by atoms with E-state index < -0.39 is 0 Å². The highest BCUT2D eigenvalue weighted by molar-refractivity contribution is 9.10. The van der Waals surface area contributed by atoms with Crippen LogP contribution in [0.3, 0.4) is 0 Å². The van der Waals surface area contributed by atoms with Crippen LogP contribution in [0.1, 0.15) is 19.3 Å². The molecule has 3 heterocycles. The molecule has 112 valence electrons. The van der Waals surface area contributed by atoms with Gasteiger partial charge in [0, 0.05) is 23.1 Å². The SMILES string of the molecule is Brc1cccc(-c2nnc3ccc(N4CCCCC4)nn23)c1. The zero-order valence-electron chi connectivity index (χ0n) is 12.1. The van der Waals surface area contributed by atoms with Gasteiger partial charge < -0.3 is 4.90 Å². The van der Waals surface area contributed by atoms with Crippen molar-refractivity contribution < 1.29 is 0 Å². The van der Waals surface area contributed by atoms with E-state index in [4.69, 9.17) is 5.10 Å². The highest BCUT2D eigenvalue weighted by atomic mass is 79.9. The summed E-state index contributed by atoms with van der Waals surface area (Å²) in [6, 6.07) is 12.1. The quantitative estimate of drug-likeness (QED) is 0.703. The van der Waals surface area contributed by atoms with E-state index in [2.05, 4.69) is 31.0 Å². The number of anilines is 1. The maximum atomic E-state index is 4.77. The van der Waals surface area contributed by atoms with E-state index in [1.165, 1.54) is 19.3 Å². The highest BCUT2D eigenvalue weighted by Crippen LogP contribution is 2.23. The first-order chi connectivity index (χ1) is 10.8. The fourth-order valence-corrected chi connectivity index (χ4v) is 3.28. The van der Waals surface area contributed by atoms with Crippen LogP contribution in [0.2, 0.25) is 0 Å². The minimum Gasteiger partial charge on any atom is -0.355 e. The first kappa shape index (κ1) is 13.7. The highest BCUT2D eigenvalue weighted by Gasteiger charge is 2.15. The summed E-state index contributed by atoms with van der Waals surface area (Å²) in [7, 11) is 0. The van der Waals surface area contributed by atoms with Crippen LogP contribution in [0.5, 0.6) is 0 Å². The average molecular weight is 358 g/mol. The lowest BCUT2D eigenvalue weighted by atomic mass is 10.1. The fraction of sp³-hybridized carbons (Fsp3) is 0.312. The molecule has 0 N–H and O–H groups in total. The second-order valence-electron chi connectivity index (χ2n) is 5.54. The molecular weight excluding hydrogens is 342 g/mol. The van der Waals surface area contributed by atoms with Gasteiger partial charge in [0.25, 0.3) is 0 Å². The summed E-state index contributed by atoms with van der Waals surface area (Å²) < 4.78 is 2.86. The topological polar surface area (TPSA) is 46.3 Å². The number of aromatic nitrogens is 4. The van der Waals surface area contributed by atoms with Gasteiger partial charge in [-0.05, 0) is 43.5 Å². The zero-order chi connectivity index (χ0) is 14.9. The monoisotopic (exact) mass is 357 g/mol. The molecule has 2 aromatic heterocycles. The molecule has 4 rings (SSSR count). The fourth-order valence-electron chi connectivity index (χ4n) is 2.88. The molecular formula is C16H16BrN5.